The molecule has 1 amide bonds. The predicted octanol–water partition coefficient (Wildman–Crippen LogP) is 1.84. The third-order valence-corrected chi connectivity index (χ3v) is 4.10. The van der Waals surface area contributed by atoms with E-state index in [1.165, 1.54) is 18.4 Å². The van der Waals surface area contributed by atoms with Gasteiger partial charge >= 0.3 is 11.1 Å². The van der Waals surface area contributed by atoms with Gasteiger partial charge in [0.15, 0.2) is 0 Å². The molecule has 0 aliphatic heterocycles. The summed E-state index contributed by atoms with van der Waals surface area (Å²) in [6, 6.07) is 4.82. The average molecular weight is 313 g/mol. The molecular formula is C17H19N3O3. The number of aromatic amines is 2. The van der Waals surface area contributed by atoms with Crippen molar-refractivity contribution in [3.05, 3.63) is 56.1 Å². The van der Waals surface area contributed by atoms with E-state index >= 15 is 0 Å². The SMILES string of the molecule is O=C(NCCC1=CCCCC1)c1ccc2[nH]c(=O)c(=O)[nH]c2c1. The molecule has 2 aromatic rings. The van der Waals surface area contributed by atoms with Gasteiger partial charge < -0.3 is 15.3 Å². The van der Waals surface area contributed by atoms with Crippen LogP contribution in [0.25, 0.3) is 11.0 Å². The summed E-state index contributed by atoms with van der Waals surface area (Å²) in [5, 5.41) is 2.89. The van der Waals surface area contributed by atoms with Crippen molar-refractivity contribution in [2.45, 2.75) is 32.1 Å². The Morgan fingerprint density at radius 1 is 1.09 bits per heavy atom. The minimum Gasteiger partial charge on any atom is -0.352 e. The van der Waals surface area contributed by atoms with Crippen LogP contribution >= 0.6 is 0 Å². The zero-order valence-corrected chi connectivity index (χ0v) is 12.8. The minimum atomic E-state index is -0.723. The number of carbonyl (C=O) groups is 1. The molecule has 0 unspecified atom stereocenters. The van der Waals surface area contributed by atoms with Crippen LogP contribution in [0.2, 0.25) is 0 Å². The molecule has 3 N–H and O–H groups in total. The molecule has 0 spiro atoms. The highest BCUT2D eigenvalue weighted by Gasteiger charge is 2.09. The number of amides is 1. The number of carbonyl (C=O) groups excluding carboxylic acids is 1. The van der Waals surface area contributed by atoms with E-state index < -0.39 is 11.1 Å². The van der Waals surface area contributed by atoms with Gasteiger partial charge in [0.05, 0.1) is 11.0 Å². The van der Waals surface area contributed by atoms with Gasteiger partial charge in [-0.25, -0.2) is 0 Å². The Hall–Kier alpha value is -2.63. The lowest BCUT2D eigenvalue weighted by molar-refractivity contribution is 0.0954. The molecule has 0 radical (unpaired) electrons. The van der Waals surface area contributed by atoms with Crippen molar-refractivity contribution in [2.75, 3.05) is 6.54 Å². The first kappa shape index (κ1) is 15.3. The van der Waals surface area contributed by atoms with Crippen LogP contribution in [0.3, 0.4) is 0 Å². The lowest BCUT2D eigenvalue weighted by Crippen LogP contribution is -2.29. The quantitative estimate of drug-likeness (QED) is 0.593. The number of hydrogen-bond donors (Lipinski definition) is 3. The first-order valence-corrected chi connectivity index (χ1v) is 7.86. The molecule has 0 fully saturated rings. The van der Waals surface area contributed by atoms with Gasteiger partial charge in [0.2, 0.25) is 0 Å². The molecule has 0 saturated carbocycles. The normalized spacial score (nSPS) is 14.5. The first-order chi connectivity index (χ1) is 11.1. The topological polar surface area (TPSA) is 94.8 Å². The summed E-state index contributed by atoms with van der Waals surface area (Å²) < 4.78 is 0. The van der Waals surface area contributed by atoms with Gasteiger partial charge in [-0.05, 0) is 50.3 Å². The summed E-state index contributed by atoms with van der Waals surface area (Å²) >= 11 is 0. The van der Waals surface area contributed by atoms with Gasteiger partial charge in [0.25, 0.3) is 5.91 Å². The molecule has 0 saturated heterocycles. The zero-order valence-electron chi connectivity index (χ0n) is 12.8. The Labute approximate surface area is 132 Å². The van der Waals surface area contributed by atoms with E-state index in [4.69, 9.17) is 0 Å². The number of aromatic nitrogens is 2. The number of allylic oxidation sites excluding steroid dienone is 1. The average Bonchev–Trinajstić information content (AvgIpc) is 2.56. The molecule has 0 atom stereocenters. The molecule has 120 valence electrons. The van der Waals surface area contributed by atoms with Crippen LogP contribution < -0.4 is 16.4 Å². The second-order valence-corrected chi connectivity index (χ2v) is 5.78. The zero-order chi connectivity index (χ0) is 16.2. The van der Waals surface area contributed by atoms with Crippen molar-refractivity contribution in [3.63, 3.8) is 0 Å². The molecule has 3 rings (SSSR count). The van der Waals surface area contributed by atoms with Gasteiger partial charge in [-0.2, -0.15) is 0 Å². The summed E-state index contributed by atoms with van der Waals surface area (Å²) in [6.07, 6.45) is 7.90. The van der Waals surface area contributed by atoms with Crippen molar-refractivity contribution < 1.29 is 4.79 Å². The summed E-state index contributed by atoms with van der Waals surface area (Å²) in [4.78, 5) is 39.7. The highest BCUT2D eigenvalue weighted by Crippen LogP contribution is 2.19. The van der Waals surface area contributed by atoms with Crippen molar-refractivity contribution in [1.82, 2.24) is 15.3 Å². The summed E-state index contributed by atoms with van der Waals surface area (Å²) in [5.74, 6) is -0.185. The van der Waals surface area contributed by atoms with Crippen LogP contribution in [0, 0.1) is 0 Å². The maximum absolute atomic E-state index is 12.2. The molecule has 1 aliphatic carbocycles. The van der Waals surface area contributed by atoms with E-state index in [0.29, 0.717) is 23.1 Å². The standard InChI is InChI=1S/C17H19N3O3/c21-15(18-9-8-11-4-2-1-3-5-11)12-6-7-13-14(10-12)20-17(23)16(22)19-13/h4,6-7,10H,1-3,5,8-9H2,(H,18,21)(H,19,22)(H,20,23). The van der Waals surface area contributed by atoms with Crippen LogP contribution in [0.1, 0.15) is 42.5 Å². The fraction of sp³-hybridized carbons (Fsp3) is 0.353. The fourth-order valence-electron chi connectivity index (χ4n) is 2.83. The highest BCUT2D eigenvalue weighted by molar-refractivity contribution is 5.97. The predicted molar refractivity (Wildman–Crippen MR) is 88.7 cm³/mol. The van der Waals surface area contributed by atoms with E-state index in [1.54, 1.807) is 18.2 Å². The van der Waals surface area contributed by atoms with Gasteiger partial charge in [0, 0.05) is 12.1 Å². The number of benzene rings is 1. The van der Waals surface area contributed by atoms with Crippen molar-refractivity contribution >= 4 is 16.9 Å². The largest absolute Gasteiger partial charge is 0.352 e. The Balaban J connectivity index is 1.68. The number of rotatable bonds is 4. The Bertz CT molecular complexity index is 877. The van der Waals surface area contributed by atoms with Gasteiger partial charge in [-0.15, -0.1) is 0 Å². The van der Waals surface area contributed by atoms with Gasteiger partial charge in [0.1, 0.15) is 0 Å². The van der Waals surface area contributed by atoms with Crippen molar-refractivity contribution in [2.24, 2.45) is 0 Å². The molecule has 23 heavy (non-hydrogen) atoms. The Kier molecular flexibility index (Phi) is 4.41. The number of H-pyrrole nitrogens is 2. The first-order valence-electron chi connectivity index (χ1n) is 7.86. The molecule has 6 heteroatoms. The summed E-state index contributed by atoms with van der Waals surface area (Å²) in [5.41, 5.74) is 1.39. The molecule has 1 aliphatic rings. The van der Waals surface area contributed by atoms with Gasteiger partial charge in [-0.3, -0.25) is 14.4 Å². The third-order valence-electron chi connectivity index (χ3n) is 4.10. The van der Waals surface area contributed by atoms with Gasteiger partial charge in [-0.1, -0.05) is 11.6 Å². The summed E-state index contributed by atoms with van der Waals surface area (Å²) in [6.45, 7) is 0.602. The fourth-order valence-corrected chi connectivity index (χ4v) is 2.83. The van der Waals surface area contributed by atoms with Crippen LogP contribution in [0.5, 0.6) is 0 Å². The summed E-state index contributed by atoms with van der Waals surface area (Å²) in [7, 11) is 0. The van der Waals surface area contributed by atoms with E-state index in [2.05, 4.69) is 21.4 Å². The lowest BCUT2D eigenvalue weighted by Gasteiger charge is -2.13. The maximum Gasteiger partial charge on any atom is 0.314 e. The molecule has 1 aromatic carbocycles. The third kappa shape index (κ3) is 3.59. The second-order valence-electron chi connectivity index (χ2n) is 5.78. The number of hydrogen-bond acceptors (Lipinski definition) is 3. The van der Waals surface area contributed by atoms with Crippen molar-refractivity contribution in [3.8, 4) is 0 Å². The molecule has 1 heterocycles. The van der Waals surface area contributed by atoms with Crippen LogP contribution in [0.15, 0.2) is 39.4 Å². The minimum absolute atomic E-state index is 0.185. The Morgan fingerprint density at radius 3 is 2.61 bits per heavy atom. The van der Waals surface area contributed by atoms with E-state index in [9.17, 15) is 14.4 Å². The van der Waals surface area contributed by atoms with Crippen LogP contribution in [-0.4, -0.2) is 22.4 Å². The number of nitrogens with one attached hydrogen (secondary N) is 3. The Morgan fingerprint density at radius 2 is 1.87 bits per heavy atom. The number of fused-ring (bicyclic) bond motifs is 1. The van der Waals surface area contributed by atoms with Crippen LogP contribution in [-0.2, 0) is 0 Å². The monoisotopic (exact) mass is 313 g/mol. The van der Waals surface area contributed by atoms with Crippen LogP contribution in [0.4, 0.5) is 0 Å². The second kappa shape index (κ2) is 6.64. The van der Waals surface area contributed by atoms with E-state index in [0.717, 1.165) is 19.3 Å². The molecule has 6 nitrogen and oxygen atoms in total. The van der Waals surface area contributed by atoms with E-state index in [1.807, 2.05) is 0 Å². The maximum atomic E-state index is 12.2. The lowest BCUT2D eigenvalue weighted by atomic mass is 9.97. The van der Waals surface area contributed by atoms with Crippen molar-refractivity contribution in [1.29, 1.82) is 0 Å². The highest BCUT2D eigenvalue weighted by atomic mass is 16.2. The smallest absolute Gasteiger partial charge is 0.314 e. The molecule has 1 aromatic heterocycles. The van der Waals surface area contributed by atoms with E-state index in [-0.39, 0.29) is 5.91 Å². The molecule has 0 bridgehead atoms. The molecular weight excluding hydrogens is 294 g/mol.